The zero-order chi connectivity index (χ0) is 18.0. The molecule has 3 amide bonds. The highest BCUT2D eigenvalue weighted by Crippen LogP contribution is 2.13. The topological polar surface area (TPSA) is 109 Å². The van der Waals surface area contributed by atoms with Crippen LogP contribution in [0.1, 0.15) is 5.56 Å². The molecule has 2 aromatic rings. The average molecular weight is 338 g/mol. The van der Waals surface area contributed by atoms with Crippen LogP contribution in [0.2, 0.25) is 0 Å². The number of aromatic nitrogens is 3. The van der Waals surface area contributed by atoms with Gasteiger partial charge in [0.1, 0.15) is 18.7 Å². The van der Waals surface area contributed by atoms with E-state index < -0.39 is 17.9 Å². The van der Waals surface area contributed by atoms with Crippen LogP contribution in [0.15, 0.2) is 37.1 Å². The number of rotatable bonds is 3. The number of carbonyl (C=O) groups excluding carboxylic acids is 2. The van der Waals surface area contributed by atoms with Crippen LogP contribution in [0.25, 0.3) is 5.82 Å². The molecule has 1 saturated heterocycles. The van der Waals surface area contributed by atoms with Crippen molar-refractivity contribution < 1.29 is 14.6 Å². The Balaban J connectivity index is 1.88. The SMILES string of the molecule is CN1C(=O)C(C#N)C(=[NH+]Cc2ccnc(-n3ccnc3)c2)N(C)C1=O. The lowest BCUT2D eigenvalue weighted by Gasteiger charge is -2.26. The number of imide groups is 1. The molecule has 0 bridgehead atoms. The van der Waals surface area contributed by atoms with Crippen LogP contribution in [0.3, 0.4) is 0 Å². The van der Waals surface area contributed by atoms with Crippen molar-refractivity contribution in [2.24, 2.45) is 5.92 Å². The van der Waals surface area contributed by atoms with Gasteiger partial charge in [-0.05, 0) is 17.7 Å². The van der Waals surface area contributed by atoms with E-state index in [0.29, 0.717) is 12.4 Å². The number of nitrogens with one attached hydrogen (secondary N) is 1. The zero-order valence-electron chi connectivity index (χ0n) is 13.7. The Bertz CT molecular complexity index is 882. The van der Waals surface area contributed by atoms with Crippen molar-refractivity contribution in [3.05, 3.63) is 42.6 Å². The molecule has 1 aliphatic rings. The number of urea groups is 1. The van der Waals surface area contributed by atoms with E-state index >= 15 is 0 Å². The third kappa shape index (κ3) is 2.97. The summed E-state index contributed by atoms with van der Waals surface area (Å²) in [6.45, 7) is 0.340. The number of nitriles is 1. The number of amidine groups is 1. The first kappa shape index (κ1) is 16.3. The summed E-state index contributed by atoms with van der Waals surface area (Å²) in [5, 5.41) is 9.30. The van der Waals surface area contributed by atoms with Crippen LogP contribution in [0.4, 0.5) is 4.79 Å². The first-order valence-electron chi connectivity index (χ1n) is 7.51. The first-order chi connectivity index (χ1) is 12.0. The van der Waals surface area contributed by atoms with Gasteiger partial charge >= 0.3 is 6.03 Å². The summed E-state index contributed by atoms with van der Waals surface area (Å²) in [4.78, 5) is 37.7. The summed E-state index contributed by atoms with van der Waals surface area (Å²) in [7, 11) is 2.89. The van der Waals surface area contributed by atoms with Crippen molar-refractivity contribution in [3.8, 4) is 11.9 Å². The largest absolute Gasteiger partial charge is 0.417 e. The second-order valence-corrected chi connectivity index (χ2v) is 5.53. The number of nitrogens with zero attached hydrogens (tertiary/aromatic N) is 6. The molecular weight excluding hydrogens is 322 g/mol. The highest BCUT2D eigenvalue weighted by atomic mass is 16.2. The lowest BCUT2D eigenvalue weighted by Crippen LogP contribution is -2.79. The fraction of sp³-hybridized carbons (Fsp3) is 0.250. The van der Waals surface area contributed by atoms with Gasteiger partial charge in [0, 0.05) is 25.6 Å². The smallest absolute Gasteiger partial charge is 0.291 e. The molecule has 0 spiro atoms. The Morgan fingerprint density at radius 1 is 1.28 bits per heavy atom. The highest BCUT2D eigenvalue weighted by Gasteiger charge is 2.46. The van der Waals surface area contributed by atoms with Gasteiger partial charge in [0.25, 0.3) is 11.7 Å². The Labute approximate surface area is 143 Å². The van der Waals surface area contributed by atoms with Crippen LogP contribution < -0.4 is 4.99 Å². The molecule has 9 heteroatoms. The maximum atomic E-state index is 12.1. The minimum atomic E-state index is -1.04. The van der Waals surface area contributed by atoms with Crippen LogP contribution >= 0.6 is 0 Å². The molecule has 0 aliphatic carbocycles. The normalized spacial score (nSPS) is 19.4. The van der Waals surface area contributed by atoms with E-state index in [9.17, 15) is 14.9 Å². The van der Waals surface area contributed by atoms with Gasteiger partial charge in [-0.25, -0.2) is 19.7 Å². The second kappa shape index (κ2) is 6.52. The van der Waals surface area contributed by atoms with Crippen molar-refractivity contribution in [3.63, 3.8) is 0 Å². The minimum Gasteiger partial charge on any atom is -0.291 e. The van der Waals surface area contributed by atoms with Gasteiger partial charge < -0.3 is 0 Å². The zero-order valence-corrected chi connectivity index (χ0v) is 13.7. The van der Waals surface area contributed by atoms with Crippen LogP contribution in [-0.4, -0.2) is 56.2 Å². The summed E-state index contributed by atoms with van der Waals surface area (Å²) in [6, 6.07) is 5.14. The molecule has 1 N–H and O–H groups in total. The molecule has 1 atom stereocenters. The molecule has 1 aliphatic heterocycles. The summed E-state index contributed by atoms with van der Waals surface area (Å²) in [5.41, 5.74) is 0.884. The number of carbonyl (C=O) groups is 2. The molecule has 126 valence electrons. The third-order valence-electron chi connectivity index (χ3n) is 3.97. The fourth-order valence-electron chi connectivity index (χ4n) is 2.56. The van der Waals surface area contributed by atoms with Gasteiger partial charge in [-0.1, -0.05) is 0 Å². The molecule has 0 radical (unpaired) electrons. The average Bonchev–Trinajstić information content (AvgIpc) is 3.17. The van der Waals surface area contributed by atoms with Crippen LogP contribution in [-0.2, 0) is 11.3 Å². The molecule has 1 fully saturated rings. The maximum Gasteiger partial charge on any atom is 0.417 e. The number of hydrogen-bond donors (Lipinski definition) is 1. The first-order valence-corrected chi connectivity index (χ1v) is 7.51. The predicted octanol–water partition coefficient (Wildman–Crippen LogP) is -1.09. The predicted molar refractivity (Wildman–Crippen MR) is 86.1 cm³/mol. The monoisotopic (exact) mass is 338 g/mol. The molecule has 0 saturated carbocycles. The molecule has 3 rings (SSSR count). The highest BCUT2D eigenvalue weighted by molar-refractivity contribution is 6.17. The van der Waals surface area contributed by atoms with E-state index in [1.807, 2.05) is 18.2 Å². The van der Waals surface area contributed by atoms with Crippen LogP contribution in [0.5, 0.6) is 0 Å². The second-order valence-electron chi connectivity index (χ2n) is 5.53. The number of hydrogen-bond acceptors (Lipinski definition) is 5. The minimum absolute atomic E-state index is 0.275. The van der Waals surface area contributed by atoms with E-state index in [-0.39, 0.29) is 5.84 Å². The van der Waals surface area contributed by atoms with Crippen molar-refractivity contribution in [1.29, 1.82) is 5.26 Å². The molecular formula is C16H16N7O2+. The van der Waals surface area contributed by atoms with Gasteiger partial charge in [-0.2, -0.15) is 10.2 Å². The van der Waals surface area contributed by atoms with Gasteiger partial charge in [0.2, 0.25) is 5.92 Å². The quantitative estimate of drug-likeness (QED) is 0.765. The number of amides is 3. The fourth-order valence-corrected chi connectivity index (χ4v) is 2.56. The molecule has 9 nitrogen and oxygen atoms in total. The summed E-state index contributed by atoms with van der Waals surface area (Å²) < 4.78 is 1.77. The van der Waals surface area contributed by atoms with Gasteiger partial charge in [0.15, 0.2) is 0 Å². The Morgan fingerprint density at radius 3 is 2.76 bits per heavy atom. The molecule has 0 aromatic carbocycles. The van der Waals surface area contributed by atoms with Crippen molar-refractivity contribution in [2.45, 2.75) is 6.54 Å². The third-order valence-corrected chi connectivity index (χ3v) is 3.97. The van der Waals surface area contributed by atoms with E-state index in [0.717, 1.165) is 10.5 Å². The van der Waals surface area contributed by atoms with Crippen molar-refractivity contribution in [1.82, 2.24) is 24.3 Å². The van der Waals surface area contributed by atoms with Crippen LogP contribution in [0, 0.1) is 17.2 Å². The molecule has 25 heavy (non-hydrogen) atoms. The Morgan fingerprint density at radius 2 is 2.08 bits per heavy atom. The summed E-state index contributed by atoms with van der Waals surface area (Å²) in [5.74, 6) is -0.608. The van der Waals surface area contributed by atoms with E-state index in [1.165, 1.54) is 19.0 Å². The Kier molecular flexibility index (Phi) is 4.26. The Hall–Kier alpha value is -3.54. The molecule has 1 unspecified atom stereocenters. The number of imidazole rings is 1. The van der Waals surface area contributed by atoms with Gasteiger partial charge in [0.05, 0.1) is 13.1 Å². The van der Waals surface area contributed by atoms with Crippen molar-refractivity contribution >= 4 is 17.8 Å². The summed E-state index contributed by atoms with van der Waals surface area (Å²) >= 11 is 0. The number of pyridine rings is 1. The summed E-state index contributed by atoms with van der Waals surface area (Å²) in [6.07, 6.45) is 6.74. The van der Waals surface area contributed by atoms with E-state index in [4.69, 9.17) is 0 Å². The van der Waals surface area contributed by atoms with E-state index in [2.05, 4.69) is 15.0 Å². The van der Waals surface area contributed by atoms with Crippen molar-refractivity contribution in [2.75, 3.05) is 14.1 Å². The maximum absolute atomic E-state index is 12.1. The van der Waals surface area contributed by atoms with Gasteiger partial charge in [-0.3, -0.25) is 14.4 Å². The lowest BCUT2D eigenvalue weighted by molar-refractivity contribution is -0.482. The lowest BCUT2D eigenvalue weighted by atomic mass is 10.1. The standard InChI is InChI=1S/C16H15N7O2/c1-21-14(12(8-17)15(24)22(2)16(21)25)20-9-11-3-4-19-13(7-11)23-6-5-18-10-23/h3-7,10,12H,9H2,1-2H3/p+1. The van der Waals surface area contributed by atoms with E-state index in [1.54, 1.807) is 29.5 Å². The molecule has 2 aromatic heterocycles. The molecule has 3 heterocycles. The van der Waals surface area contributed by atoms with Gasteiger partial charge in [-0.15, -0.1) is 0 Å².